The Morgan fingerprint density at radius 2 is 2.04 bits per heavy atom. The molecule has 142 valence electrons. The molecule has 4 heterocycles. The number of rotatable bonds is 3. The van der Waals surface area contributed by atoms with Crippen molar-refractivity contribution < 1.29 is 9.84 Å². The highest BCUT2D eigenvalue weighted by atomic mass is 32.1. The van der Waals surface area contributed by atoms with Crippen LogP contribution in [0.15, 0.2) is 12.1 Å². The number of β-amino-alcohol motifs (C(OH)–C–C–N with tert-alkyl or cyclic N) is 1. The Labute approximate surface area is 160 Å². The van der Waals surface area contributed by atoms with Crippen LogP contribution in [-0.2, 0) is 11.3 Å². The maximum atomic E-state index is 10.5. The zero-order chi connectivity index (χ0) is 18.0. The quantitative estimate of drug-likeness (QED) is 0.879. The van der Waals surface area contributed by atoms with E-state index in [0.717, 1.165) is 70.1 Å². The van der Waals surface area contributed by atoms with Crippen molar-refractivity contribution in [2.75, 3.05) is 39.4 Å². The molecule has 1 aromatic heterocycles. The molecule has 1 atom stereocenters. The van der Waals surface area contributed by atoms with Gasteiger partial charge in [0.05, 0.1) is 6.10 Å². The molecule has 0 radical (unpaired) electrons. The average Bonchev–Trinajstić information content (AvgIpc) is 3.12. The van der Waals surface area contributed by atoms with Crippen LogP contribution in [-0.4, -0.2) is 66.4 Å². The summed E-state index contributed by atoms with van der Waals surface area (Å²) in [7, 11) is 0. The van der Waals surface area contributed by atoms with Gasteiger partial charge in [-0.1, -0.05) is 0 Å². The minimum atomic E-state index is -0.186. The monoisotopic (exact) mass is 375 g/mol. The van der Waals surface area contributed by atoms with Gasteiger partial charge >= 0.3 is 0 Å². The highest BCUT2D eigenvalue weighted by molar-refractivity contribution is 7.12. The first kappa shape index (κ1) is 18.4. The van der Waals surface area contributed by atoms with Gasteiger partial charge in [0, 0.05) is 43.8 Å². The highest BCUT2D eigenvalue weighted by Gasteiger charge is 2.43. The molecule has 6 heteroatoms. The van der Waals surface area contributed by atoms with Crippen molar-refractivity contribution >= 4 is 11.3 Å². The summed E-state index contributed by atoms with van der Waals surface area (Å²) in [5.41, 5.74) is 0.278. The molecule has 3 saturated heterocycles. The number of hydrogen-bond donors (Lipinski definition) is 1. The van der Waals surface area contributed by atoms with E-state index >= 15 is 0 Å². The van der Waals surface area contributed by atoms with Crippen LogP contribution in [0.4, 0.5) is 0 Å². The Morgan fingerprint density at radius 1 is 1.27 bits per heavy atom. The third-order valence-corrected chi connectivity index (χ3v) is 7.40. The minimum absolute atomic E-state index is 0.186. The predicted octanol–water partition coefficient (Wildman–Crippen LogP) is 2.45. The summed E-state index contributed by atoms with van der Waals surface area (Å²) in [5, 5.41) is 19.5. The second-order valence-electron chi connectivity index (χ2n) is 8.28. The van der Waals surface area contributed by atoms with Gasteiger partial charge in [0.25, 0.3) is 0 Å². The standard InChI is InChI=1S/C20H29N3O2S/c21-12-18-1-2-19(26-18)14-22-7-5-20(6-8-22)11-17(24)13-23(15-20)16-3-9-25-10-4-16/h1-2,16-17,24H,3-11,13-15H2. The SMILES string of the molecule is N#Cc1ccc(CN2CCC3(CC2)CC(O)CN(C2CCOCC2)C3)s1. The van der Waals surface area contributed by atoms with Crippen LogP contribution in [0.25, 0.3) is 0 Å². The maximum absolute atomic E-state index is 10.5. The lowest BCUT2D eigenvalue weighted by molar-refractivity contribution is -0.0725. The number of nitriles is 1. The third-order valence-electron chi connectivity index (χ3n) is 6.43. The molecule has 0 saturated carbocycles. The Kier molecular flexibility index (Phi) is 5.63. The summed E-state index contributed by atoms with van der Waals surface area (Å²) in [5.74, 6) is 0. The van der Waals surface area contributed by atoms with Gasteiger partial charge in [0.2, 0.25) is 0 Å². The smallest absolute Gasteiger partial charge is 0.110 e. The van der Waals surface area contributed by atoms with Crippen molar-refractivity contribution in [2.24, 2.45) is 5.41 Å². The fraction of sp³-hybridized carbons (Fsp3) is 0.750. The summed E-state index contributed by atoms with van der Waals surface area (Å²) in [4.78, 5) is 7.16. The second kappa shape index (κ2) is 7.95. The van der Waals surface area contributed by atoms with Crippen LogP contribution < -0.4 is 0 Å². The molecule has 1 spiro atoms. The van der Waals surface area contributed by atoms with E-state index in [-0.39, 0.29) is 11.5 Å². The lowest BCUT2D eigenvalue weighted by Gasteiger charge is -2.51. The number of nitrogens with zero attached hydrogens (tertiary/aromatic N) is 3. The lowest BCUT2D eigenvalue weighted by Crippen LogP contribution is -2.56. The fourth-order valence-corrected chi connectivity index (χ4v) is 5.86. The van der Waals surface area contributed by atoms with E-state index in [2.05, 4.69) is 21.9 Å². The number of aliphatic hydroxyl groups excluding tert-OH is 1. The number of piperidine rings is 2. The Morgan fingerprint density at radius 3 is 2.73 bits per heavy atom. The summed E-state index contributed by atoms with van der Waals surface area (Å²) in [6.07, 6.45) is 5.32. The summed E-state index contributed by atoms with van der Waals surface area (Å²) in [6, 6.07) is 6.83. The van der Waals surface area contributed by atoms with Crippen LogP contribution >= 0.6 is 11.3 Å². The molecule has 1 N–H and O–H groups in total. The van der Waals surface area contributed by atoms with E-state index in [9.17, 15) is 5.11 Å². The number of hydrogen-bond acceptors (Lipinski definition) is 6. The Bertz CT molecular complexity index is 642. The summed E-state index contributed by atoms with van der Waals surface area (Å²) >= 11 is 1.61. The first-order valence-electron chi connectivity index (χ1n) is 9.87. The highest BCUT2D eigenvalue weighted by Crippen LogP contribution is 2.41. The average molecular weight is 376 g/mol. The van der Waals surface area contributed by atoms with Gasteiger partial charge in [-0.2, -0.15) is 5.26 Å². The molecule has 0 aromatic carbocycles. The van der Waals surface area contributed by atoms with Crippen molar-refractivity contribution in [2.45, 2.75) is 50.8 Å². The third kappa shape index (κ3) is 4.13. The molecule has 1 aromatic rings. The van der Waals surface area contributed by atoms with E-state index in [1.165, 1.54) is 17.7 Å². The van der Waals surface area contributed by atoms with Crippen molar-refractivity contribution in [3.63, 3.8) is 0 Å². The van der Waals surface area contributed by atoms with Gasteiger partial charge < -0.3 is 9.84 Å². The summed E-state index contributed by atoms with van der Waals surface area (Å²) in [6.45, 7) is 6.84. The van der Waals surface area contributed by atoms with Gasteiger partial charge in [0.1, 0.15) is 10.9 Å². The number of likely N-dealkylation sites (tertiary alicyclic amines) is 2. The predicted molar refractivity (Wildman–Crippen MR) is 102 cm³/mol. The largest absolute Gasteiger partial charge is 0.392 e. The normalized spacial score (nSPS) is 28.2. The van der Waals surface area contributed by atoms with Crippen LogP contribution in [0.3, 0.4) is 0 Å². The van der Waals surface area contributed by atoms with E-state index in [0.29, 0.717) is 6.04 Å². The fourth-order valence-electron chi connectivity index (χ4n) is 5.01. The molecular weight excluding hydrogens is 346 g/mol. The molecule has 0 aliphatic carbocycles. The molecule has 3 aliphatic heterocycles. The molecule has 3 aliphatic rings. The molecule has 5 nitrogen and oxygen atoms in total. The Balaban J connectivity index is 1.35. The van der Waals surface area contributed by atoms with E-state index in [4.69, 9.17) is 10.00 Å². The molecule has 4 rings (SSSR count). The van der Waals surface area contributed by atoms with Crippen molar-refractivity contribution in [1.82, 2.24) is 9.80 Å². The van der Waals surface area contributed by atoms with E-state index in [1.807, 2.05) is 6.07 Å². The minimum Gasteiger partial charge on any atom is -0.392 e. The molecule has 3 fully saturated rings. The van der Waals surface area contributed by atoms with Gasteiger partial charge in [-0.25, -0.2) is 0 Å². The summed E-state index contributed by atoms with van der Waals surface area (Å²) < 4.78 is 5.52. The van der Waals surface area contributed by atoms with Crippen LogP contribution in [0.5, 0.6) is 0 Å². The molecule has 0 amide bonds. The zero-order valence-corrected chi connectivity index (χ0v) is 16.2. The van der Waals surface area contributed by atoms with Gasteiger partial charge in [-0.15, -0.1) is 11.3 Å². The van der Waals surface area contributed by atoms with Crippen LogP contribution in [0.2, 0.25) is 0 Å². The topological polar surface area (TPSA) is 59.7 Å². The number of ether oxygens (including phenoxy) is 1. The van der Waals surface area contributed by atoms with E-state index < -0.39 is 0 Å². The molecule has 26 heavy (non-hydrogen) atoms. The zero-order valence-electron chi connectivity index (χ0n) is 15.4. The lowest BCUT2D eigenvalue weighted by atomic mass is 9.71. The molecular formula is C20H29N3O2S. The van der Waals surface area contributed by atoms with E-state index in [1.54, 1.807) is 11.3 Å². The van der Waals surface area contributed by atoms with Crippen LogP contribution in [0, 0.1) is 16.7 Å². The van der Waals surface area contributed by atoms with Crippen LogP contribution in [0.1, 0.15) is 41.9 Å². The van der Waals surface area contributed by atoms with Gasteiger partial charge in [-0.3, -0.25) is 9.80 Å². The number of aliphatic hydroxyl groups is 1. The molecule has 1 unspecified atom stereocenters. The number of thiophene rings is 1. The van der Waals surface area contributed by atoms with Gasteiger partial charge in [0.15, 0.2) is 0 Å². The van der Waals surface area contributed by atoms with Crippen molar-refractivity contribution in [3.8, 4) is 6.07 Å². The maximum Gasteiger partial charge on any atom is 0.110 e. The first-order valence-corrected chi connectivity index (χ1v) is 10.7. The van der Waals surface area contributed by atoms with Crippen molar-refractivity contribution in [3.05, 3.63) is 21.9 Å². The molecule has 0 bridgehead atoms. The van der Waals surface area contributed by atoms with Crippen molar-refractivity contribution in [1.29, 1.82) is 5.26 Å². The first-order chi connectivity index (χ1) is 12.7. The van der Waals surface area contributed by atoms with Gasteiger partial charge in [-0.05, 0) is 62.7 Å². The Hall–Kier alpha value is -0.970. The second-order valence-corrected chi connectivity index (χ2v) is 9.45.